The van der Waals surface area contributed by atoms with E-state index in [-0.39, 0.29) is 0 Å². The molecule has 0 N–H and O–H groups in total. The van der Waals surface area contributed by atoms with E-state index >= 15 is 0 Å². The first-order valence-electron chi connectivity index (χ1n) is 8.28. The van der Waals surface area contributed by atoms with E-state index in [9.17, 15) is 4.57 Å². The van der Waals surface area contributed by atoms with Gasteiger partial charge in [0.15, 0.2) is 7.14 Å². The predicted molar refractivity (Wildman–Crippen MR) is 106 cm³/mol. The van der Waals surface area contributed by atoms with Crippen LogP contribution in [0, 0.1) is 6.92 Å². The molecule has 3 aromatic carbocycles. The lowest BCUT2D eigenvalue weighted by Gasteiger charge is -2.20. The maximum Gasteiger partial charge on any atom is 0.188 e. The van der Waals surface area contributed by atoms with Gasteiger partial charge in [0, 0.05) is 16.0 Å². The second-order valence-corrected chi connectivity index (χ2v) is 8.80. The highest BCUT2D eigenvalue weighted by atomic mass is 31.2. The van der Waals surface area contributed by atoms with Crippen LogP contribution in [0.25, 0.3) is 10.9 Å². The van der Waals surface area contributed by atoms with Crippen LogP contribution in [-0.4, -0.2) is 4.98 Å². The highest BCUT2D eigenvalue weighted by molar-refractivity contribution is 7.85. The second-order valence-electron chi connectivity index (χ2n) is 6.09. The third-order valence-corrected chi connectivity index (χ3v) is 7.40. The molecule has 0 saturated heterocycles. The van der Waals surface area contributed by atoms with E-state index in [4.69, 9.17) is 4.98 Å². The summed E-state index contributed by atoms with van der Waals surface area (Å²) in [6, 6.07) is 29.3. The zero-order valence-corrected chi connectivity index (χ0v) is 14.9. The monoisotopic (exact) mass is 343 g/mol. The van der Waals surface area contributed by atoms with Gasteiger partial charge in [-0.3, -0.25) is 0 Å². The van der Waals surface area contributed by atoms with Gasteiger partial charge in [0.05, 0.1) is 5.52 Å². The molecule has 0 aliphatic rings. The standard InChI is InChI=1S/C22H18NOP/c1-17-16-22(23-21-15-9-8-14-20(17)21)25(24,18-10-4-2-5-11-18)19-12-6-3-7-13-19/h2-16H,1H3. The van der Waals surface area contributed by atoms with E-state index in [2.05, 4.69) is 6.07 Å². The van der Waals surface area contributed by atoms with Crippen LogP contribution >= 0.6 is 7.14 Å². The lowest BCUT2D eigenvalue weighted by molar-refractivity contribution is 0.592. The van der Waals surface area contributed by atoms with Gasteiger partial charge in [-0.1, -0.05) is 78.9 Å². The molecule has 1 heterocycles. The van der Waals surface area contributed by atoms with Crippen LogP contribution in [-0.2, 0) is 4.57 Å². The summed E-state index contributed by atoms with van der Waals surface area (Å²) in [6.45, 7) is 2.05. The summed E-state index contributed by atoms with van der Waals surface area (Å²) < 4.78 is 14.4. The van der Waals surface area contributed by atoms with Gasteiger partial charge < -0.3 is 4.57 Å². The highest BCUT2D eigenvalue weighted by Gasteiger charge is 2.31. The van der Waals surface area contributed by atoms with Crippen LogP contribution in [0.15, 0.2) is 91.0 Å². The molecule has 0 atom stereocenters. The van der Waals surface area contributed by atoms with Crippen molar-refractivity contribution in [1.82, 2.24) is 4.98 Å². The number of hydrogen-bond acceptors (Lipinski definition) is 2. The molecule has 4 aromatic rings. The second kappa shape index (κ2) is 6.31. The van der Waals surface area contributed by atoms with E-state index in [0.29, 0.717) is 5.44 Å². The van der Waals surface area contributed by atoms with Crippen LogP contribution in [0.5, 0.6) is 0 Å². The number of aryl methyl sites for hydroxylation is 1. The first kappa shape index (κ1) is 15.8. The summed E-state index contributed by atoms with van der Waals surface area (Å²) in [4.78, 5) is 4.80. The molecular weight excluding hydrogens is 325 g/mol. The van der Waals surface area contributed by atoms with Crippen LogP contribution < -0.4 is 16.0 Å². The van der Waals surface area contributed by atoms with E-state index in [1.54, 1.807) is 0 Å². The van der Waals surface area contributed by atoms with Crippen LogP contribution in [0.1, 0.15) is 5.56 Å². The van der Waals surface area contributed by atoms with Crippen LogP contribution in [0.4, 0.5) is 0 Å². The summed E-state index contributed by atoms with van der Waals surface area (Å²) in [5, 5.41) is 2.71. The van der Waals surface area contributed by atoms with Crippen LogP contribution in [0.3, 0.4) is 0 Å². The van der Waals surface area contributed by atoms with Crippen molar-refractivity contribution in [3.63, 3.8) is 0 Å². The zero-order valence-electron chi connectivity index (χ0n) is 14.0. The highest BCUT2D eigenvalue weighted by Crippen LogP contribution is 2.42. The van der Waals surface area contributed by atoms with Gasteiger partial charge in [0.25, 0.3) is 0 Å². The molecular formula is C22H18NOP. The number of fused-ring (bicyclic) bond motifs is 1. The van der Waals surface area contributed by atoms with Crippen molar-refractivity contribution in [3.05, 3.63) is 96.6 Å². The summed E-state index contributed by atoms with van der Waals surface area (Å²) >= 11 is 0. The van der Waals surface area contributed by atoms with Crippen molar-refractivity contribution in [2.24, 2.45) is 0 Å². The van der Waals surface area contributed by atoms with E-state index in [0.717, 1.165) is 27.1 Å². The average molecular weight is 343 g/mol. The zero-order chi connectivity index (χ0) is 17.3. The molecule has 0 unspecified atom stereocenters. The fourth-order valence-corrected chi connectivity index (χ4v) is 5.82. The Morgan fingerprint density at radius 3 is 1.84 bits per heavy atom. The lowest BCUT2D eigenvalue weighted by Crippen LogP contribution is -2.27. The molecule has 0 aliphatic heterocycles. The Morgan fingerprint density at radius 2 is 1.24 bits per heavy atom. The molecule has 2 nitrogen and oxygen atoms in total. The Balaban J connectivity index is 2.04. The predicted octanol–water partition coefficient (Wildman–Crippen LogP) is 4.18. The number of aromatic nitrogens is 1. The summed E-state index contributed by atoms with van der Waals surface area (Å²) in [5.74, 6) is 0. The largest absolute Gasteiger partial charge is 0.307 e. The SMILES string of the molecule is Cc1cc(P(=O)(c2ccccc2)c2ccccc2)nc2ccccc12. The number of para-hydroxylation sites is 1. The summed E-state index contributed by atoms with van der Waals surface area (Å²) in [7, 11) is -3.02. The molecule has 3 heteroatoms. The topological polar surface area (TPSA) is 30.0 Å². The molecule has 0 amide bonds. The van der Waals surface area contributed by atoms with Crippen molar-refractivity contribution < 1.29 is 4.57 Å². The number of pyridine rings is 1. The van der Waals surface area contributed by atoms with Crippen molar-refractivity contribution in [3.8, 4) is 0 Å². The fourth-order valence-electron chi connectivity index (χ4n) is 3.18. The summed E-state index contributed by atoms with van der Waals surface area (Å²) in [6.07, 6.45) is 0. The molecule has 0 aliphatic carbocycles. The molecule has 0 bridgehead atoms. The maximum absolute atomic E-state index is 14.4. The molecule has 122 valence electrons. The maximum atomic E-state index is 14.4. The van der Waals surface area contributed by atoms with Crippen molar-refractivity contribution in [2.45, 2.75) is 6.92 Å². The van der Waals surface area contributed by atoms with Gasteiger partial charge >= 0.3 is 0 Å². The Hall–Kier alpha value is -2.70. The van der Waals surface area contributed by atoms with E-state index in [1.165, 1.54) is 0 Å². The van der Waals surface area contributed by atoms with Gasteiger partial charge in [-0.15, -0.1) is 0 Å². The van der Waals surface area contributed by atoms with Gasteiger partial charge in [-0.05, 0) is 24.6 Å². The van der Waals surface area contributed by atoms with Crippen molar-refractivity contribution in [2.75, 3.05) is 0 Å². The van der Waals surface area contributed by atoms with Gasteiger partial charge in [-0.2, -0.15) is 0 Å². The Bertz CT molecular complexity index is 1030. The minimum atomic E-state index is -3.02. The average Bonchev–Trinajstić information content (AvgIpc) is 2.68. The minimum Gasteiger partial charge on any atom is -0.307 e. The number of hydrogen-bond donors (Lipinski definition) is 0. The Kier molecular flexibility index (Phi) is 3.99. The first-order valence-corrected chi connectivity index (χ1v) is 9.98. The summed E-state index contributed by atoms with van der Waals surface area (Å²) in [5.41, 5.74) is 2.61. The molecule has 0 radical (unpaired) electrons. The van der Waals surface area contributed by atoms with Gasteiger partial charge in [0.2, 0.25) is 0 Å². The van der Waals surface area contributed by atoms with Crippen molar-refractivity contribution in [1.29, 1.82) is 0 Å². The molecule has 1 aromatic heterocycles. The molecule has 0 saturated carbocycles. The minimum absolute atomic E-state index is 0.640. The number of benzene rings is 3. The number of rotatable bonds is 3. The third-order valence-electron chi connectivity index (χ3n) is 4.47. The van der Waals surface area contributed by atoms with Gasteiger partial charge in [-0.25, -0.2) is 4.98 Å². The van der Waals surface area contributed by atoms with E-state index in [1.807, 2.05) is 91.9 Å². The number of nitrogens with zero attached hydrogens (tertiary/aromatic N) is 1. The molecule has 4 rings (SSSR count). The fraction of sp³-hybridized carbons (Fsp3) is 0.0455. The quantitative estimate of drug-likeness (QED) is 0.522. The van der Waals surface area contributed by atoms with Gasteiger partial charge in [0.1, 0.15) is 5.44 Å². The molecule has 0 fully saturated rings. The smallest absolute Gasteiger partial charge is 0.188 e. The lowest BCUT2D eigenvalue weighted by atomic mass is 10.1. The van der Waals surface area contributed by atoms with Crippen molar-refractivity contribution >= 4 is 34.1 Å². The Labute approximate surface area is 147 Å². The third kappa shape index (κ3) is 2.69. The molecule has 0 spiro atoms. The molecule has 25 heavy (non-hydrogen) atoms. The first-order chi connectivity index (χ1) is 12.2. The van der Waals surface area contributed by atoms with E-state index < -0.39 is 7.14 Å². The van der Waals surface area contributed by atoms with Crippen LogP contribution in [0.2, 0.25) is 0 Å². The normalized spacial score (nSPS) is 11.6. The Morgan fingerprint density at radius 1 is 0.720 bits per heavy atom.